The number of nitrogens with zero attached hydrogens (tertiary/aromatic N) is 2. The quantitative estimate of drug-likeness (QED) is 0.582. The van der Waals surface area contributed by atoms with Crippen molar-refractivity contribution in [1.29, 1.82) is 0 Å². The van der Waals surface area contributed by atoms with Gasteiger partial charge in [0.1, 0.15) is 11.9 Å². The van der Waals surface area contributed by atoms with Crippen molar-refractivity contribution in [2.45, 2.75) is 17.4 Å². The average molecular weight is 480 g/mol. The molecular formula is C20H18FN3O4S3. The van der Waals surface area contributed by atoms with E-state index in [2.05, 4.69) is 9.82 Å². The Bertz CT molecular complexity index is 1340. The normalized spacial score (nSPS) is 16.9. The van der Waals surface area contributed by atoms with Crippen LogP contribution in [0.4, 0.5) is 10.1 Å². The number of halogens is 1. The van der Waals surface area contributed by atoms with Crippen LogP contribution in [0.5, 0.6) is 0 Å². The van der Waals surface area contributed by atoms with Crippen LogP contribution in [-0.4, -0.2) is 33.2 Å². The summed E-state index contributed by atoms with van der Waals surface area (Å²) in [4.78, 5) is 0.753. The molecule has 1 aliphatic heterocycles. The summed E-state index contributed by atoms with van der Waals surface area (Å²) in [5, 5.41) is 6.26. The molecule has 0 saturated carbocycles. The summed E-state index contributed by atoms with van der Waals surface area (Å²) in [6.07, 6.45) is 1.36. The lowest BCUT2D eigenvalue weighted by Crippen LogP contribution is -2.26. The van der Waals surface area contributed by atoms with Crippen molar-refractivity contribution in [3.05, 3.63) is 82.3 Å². The third-order valence-electron chi connectivity index (χ3n) is 4.60. The van der Waals surface area contributed by atoms with Gasteiger partial charge in [0.2, 0.25) is 10.0 Å². The molecule has 31 heavy (non-hydrogen) atoms. The Morgan fingerprint density at radius 2 is 1.81 bits per heavy atom. The van der Waals surface area contributed by atoms with Gasteiger partial charge in [-0.2, -0.15) is 17.9 Å². The summed E-state index contributed by atoms with van der Waals surface area (Å²) in [5.41, 5.74) is 1.46. The number of hydrazone groups is 1. The molecule has 0 amide bonds. The lowest BCUT2D eigenvalue weighted by Gasteiger charge is -2.22. The third-order valence-corrected chi connectivity index (χ3v) is 7.88. The Morgan fingerprint density at radius 1 is 1.06 bits per heavy atom. The molecular weight excluding hydrogens is 461 g/mol. The summed E-state index contributed by atoms with van der Waals surface area (Å²) in [6, 6.07) is 14.3. The molecule has 4 rings (SSSR count). The Morgan fingerprint density at radius 3 is 2.45 bits per heavy atom. The maximum Gasteiger partial charge on any atom is 0.279 e. The molecule has 2 aromatic carbocycles. The summed E-state index contributed by atoms with van der Waals surface area (Å²) < 4.78 is 66.5. The Hall–Kier alpha value is -2.76. The minimum atomic E-state index is -4.04. The highest BCUT2D eigenvalue weighted by Gasteiger charge is 2.38. The van der Waals surface area contributed by atoms with E-state index in [4.69, 9.17) is 0 Å². The number of sulfonamides is 2. The highest BCUT2D eigenvalue weighted by Crippen LogP contribution is 2.39. The fourth-order valence-electron chi connectivity index (χ4n) is 3.27. The van der Waals surface area contributed by atoms with E-state index in [1.807, 2.05) is 17.5 Å². The Kier molecular flexibility index (Phi) is 5.58. The van der Waals surface area contributed by atoms with Crippen molar-refractivity contribution in [2.75, 3.05) is 11.0 Å². The molecule has 11 heteroatoms. The van der Waals surface area contributed by atoms with Gasteiger partial charge in [-0.1, -0.05) is 18.2 Å². The van der Waals surface area contributed by atoms with E-state index in [0.717, 1.165) is 27.7 Å². The second-order valence-electron chi connectivity index (χ2n) is 6.97. The van der Waals surface area contributed by atoms with Crippen LogP contribution in [0.3, 0.4) is 0 Å². The van der Waals surface area contributed by atoms with Crippen LogP contribution in [0.25, 0.3) is 0 Å². The van der Waals surface area contributed by atoms with Gasteiger partial charge in [-0.3, -0.25) is 4.72 Å². The van der Waals surface area contributed by atoms with E-state index in [1.165, 1.54) is 23.5 Å². The highest BCUT2D eigenvalue weighted by atomic mass is 32.2. The van der Waals surface area contributed by atoms with Crippen molar-refractivity contribution < 1.29 is 21.2 Å². The molecule has 1 aliphatic rings. The molecule has 7 nitrogen and oxygen atoms in total. The fraction of sp³-hybridized carbons (Fsp3) is 0.150. The molecule has 1 atom stereocenters. The molecule has 0 fully saturated rings. The molecule has 0 radical (unpaired) electrons. The number of anilines is 1. The largest absolute Gasteiger partial charge is 0.284 e. The Balaban J connectivity index is 1.76. The number of thiophene rings is 1. The van der Waals surface area contributed by atoms with Crippen LogP contribution >= 0.6 is 11.3 Å². The standard InChI is InChI=1S/C20H18FN3O4S3/c1-30(25,26)23-16-5-2-4-14(12-16)18-13-19(20-6-3-11-29-20)24(22-18)31(27,28)17-9-7-15(21)8-10-17/h2-12,19,23H,13H2,1H3/t19-/m1/s1. The molecule has 162 valence electrons. The van der Waals surface area contributed by atoms with E-state index in [0.29, 0.717) is 23.4 Å². The van der Waals surface area contributed by atoms with Crippen LogP contribution in [0.2, 0.25) is 0 Å². The van der Waals surface area contributed by atoms with E-state index in [-0.39, 0.29) is 4.90 Å². The molecule has 0 aliphatic carbocycles. The van der Waals surface area contributed by atoms with Crippen LogP contribution in [0.15, 0.2) is 76.0 Å². The molecule has 0 saturated heterocycles. The van der Waals surface area contributed by atoms with Crippen molar-refractivity contribution in [2.24, 2.45) is 5.10 Å². The zero-order valence-electron chi connectivity index (χ0n) is 16.3. The minimum absolute atomic E-state index is 0.0621. The van der Waals surface area contributed by atoms with Crippen molar-refractivity contribution in [3.63, 3.8) is 0 Å². The van der Waals surface area contributed by atoms with Gasteiger partial charge >= 0.3 is 0 Å². The van der Waals surface area contributed by atoms with Crippen LogP contribution in [0, 0.1) is 5.82 Å². The van der Waals surface area contributed by atoms with Gasteiger partial charge in [-0.15, -0.1) is 11.3 Å². The molecule has 1 N–H and O–H groups in total. The molecule has 3 aromatic rings. The smallest absolute Gasteiger partial charge is 0.279 e. The first-order valence-electron chi connectivity index (χ1n) is 9.12. The van der Waals surface area contributed by atoms with E-state index in [9.17, 15) is 21.2 Å². The van der Waals surface area contributed by atoms with Crippen molar-refractivity contribution >= 4 is 42.8 Å². The predicted molar refractivity (Wildman–Crippen MR) is 119 cm³/mol. The third kappa shape index (κ3) is 4.63. The van der Waals surface area contributed by atoms with Gasteiger partial charge in [0.05, 0.1) is 16.9 Å². The minimum Gasteiger partial charge on any atom is -0.284 e. The lowest BCUT2D eigenvalue weighted by molar-refractivity contribution is 0.375. The number of nitrogens with one attached hydrogen (secondary N) is 1. The van der Waals surface area contributed by atoms with Gasteiger partial charge < -0.3 is 0 Å². The maximum atomic E-state index is 13.3. The molecule has 0 bridgehead atoms. The number of benzene rings is 2. The van der Waals surface area contributed by atoms with Crippen molar-refractivity contribution in [3.8, 4) is 0 Å². The number of hydrogen-bond donors (Lipinski definition) is 1. The molecule has 2 heterocycles. The fourth-order valence-corrected chi connectivity index (χ4v) is 6.13. The predicted octanol–water partition coefficient (Wildman–Crippen LogP) is 3.80. The van der Waals surface area contributed by atoms with Crippen molar-refractivity contribution in [1.82, 2.24) is 4.41 Å². The molecule has 0 unspecified atom stereocenters. The number of rotatable bonds is 6. The second-order valence-corrected chi connectivity index (χ2v) is 11.5. The van der Waals surface area contributed by atoms with Gasteiger partial charge in [-0.05, 0) is 53.4 Å². The number of hydrogen-bond acceptors (Lipinski definition) is 6. The van der Waals surface area contributed by atoms with Crippen LogP contribution in [-0.2, 0) is 20.0 Å². The summed E-state index contributed by atoms with van der Waals surface area (Å²) in [5.74, 6) is -0.533. The van der Waals surface area contributed by atoms with Gasteiger partial charge in [0, 0.05) is 17.0 Å². The molecule has 1 aromatic heterocycles. The van der Waals surface area contributed by atoms with Gasteiger partial charge in [0.15, 0.2) is 0 Å². The zero-order chi connectivity index (χ0) is 22.2. The second kappa shape index (κ2) is 8.06. The van der Waals surface area contributed by atoms with Crippen LogP contribution in [0.1, 0.15) is 22.9 Å². The topological polar surface area (TPSA) is 95.9 Å². The van der Waals surface area contributed by atoms with E-state index >= 15 is 0 Å². The average Bonchev–Trinajstić information content (AvgIpc) is 3.37. The summed E-state index contributed by atoms with van der Waals surface area (Å²) >= 11 is 1.41. The van der Waals surface area contributed by atoms with E-state index in [1.54, 1.807) is 24.3 Å². The van der Waals surface area contributed by atoms with E-state index < -0.39 is 31.9 Å². The lowest BCUT2D eigenvalue weighted by atomic mass is 10.0. The highest BCUT2D eigenvalue weighted by molar-refractivity contribution is 7.92. The summed E-state index contributed by atoms with van der Waals surface area (Å²) in [7, 11) is -7.50. The SMILES string of the molecule is CS(=O)(=O)Nc1cccc(C2=NN(S(=O)(=O)c3ccc(F)cc3)[C@@H](c3cccs3)C2)c1. The Labute approximate surface area is 184 Å². The zero-order valence-corrected chi connectivity index (χ0v) is 18.7. The first-order valence-corrected chi connectivity index (χ1v) is 13.3. The molecule has 0 spiro atoms. The first kappa shape index (κ1) is 21.5. The van der Waals surface area contributed by atoms with Crippen LogP contribution < -0.4 is 4.72 Å². The maximum absolute atomic E-state index is 13.3. The monoisotopic (exact) mass is 479 g/mol. The van der Waals surface area contributed by atoms with Gasteiger partial charge in [0.25, 0.3) is 10.0 Å². The summed E-state index contributed by atoms with van der Waals surface area (Å²) in [6.45, 7) is 0. The van der Waals surface area contributed by atoms with Gasteiger partial charge in [-0.25, -0.2) is 12.8 Å². The first-order chi connectivity index (χ1) is 14.6.